The number of pyridine rings is 1. The van der Waals surface area contributed by atoms with Crippen LogP contribution in [0.15, 0.2) is 30.5 Å². The van der Waals surface area contributed by atoms with Gasteiger partial charge in [-0.1, -0.05) is 0 Å². The monoisotopic (exact) mass is 288 g/mol. The summed E-state index contributed by atoms with van der Waals surface area (Å²) in [5.74, 6) is 0.368. The average Bonchev–Trinajstić information content (AvgIpc) is 2.97. The number of carboxylic acids is 1. The number of aliphatic carboxylic acids is 1. The average molecular weight is 288 g/mol. The summed E-state index contributed by atoms with van der Waals surface area (Å²) in [5.41, 5.74) is -1.11. The Hall–Kier alpha value is -2.34. The predicted molar refractivity (Wildman–Crippen MR) is 77.7 cm³/mol. The molecule has 1 aliphatic heterocycles. The molecule has 1 saturated heterocycles. The number of nitrogens with one attached hydrogen (secondary N) is 1. The number of anilines is 1. The van der Waals surface area contributed by atoms with Crippen LogP contribution in [0.4, 0.5) is 5.82 Å². The first kappa shape index (κ1) is 13.6. The van der Waals surface area contributed by atoms with Gasteiger partial charge >= 0.3 is 5.97 Å². The third kappa shape index (κ3) is 2.38. The van der Waals surface area contributed by atoms with Crippen LogP contribution >= 0.6 is 0 Å². The second kappa shape index (κ2) is 5.21. The lowest BCUT2D eigenvalue weighted by Crippen LogP contribution is -2.47. The van der Waals surface area contributed by atoms with E-state index in [2.05, 4.69) is 10.3 Å². The van der Waals surface area contributed by atoms with Crippen molar-refractivity contribution >= 4 is 22.6 Å². The van der Waals surface area contributed by atoms with Crippen LogP contribution in [-0.4, -0.2) is 41.9 Å². The molecule has 1 fully saturated rings. The molecule has 0 bridgehead atoms. The number of benzene rings is 1. The van der Waals surface area contributed by atoms with E-state index in [0.717, 1.165) is 16.5 Å². The summed E-state index contributed by atoms with van der Waals surface area (Å²) in [7, 11) is 1.61. The Balaban J connectivity index is 2.02. The van der Waals surface area contributed by atoms with Gasteiger partial charge in [0.1, 0.15) is 11.6 Å². The molecule has 1 unspecified atom stereocenters. The van der Waals surface area contributed by atoms with Gasteiger partial charge < -0.3 is 19.9 Å². The highest BCUT2D eigenvalue weighted by atomic mass is 16.5. The summed E-state index contributed by atoms with van der Waals surface area (Å²) < 4.78 is 10.5. The van der Waals surface area contributed by atoms with Gasteiger partial charge in [-0.05, 0) is 29.7 Å². The van der Waals surface area contributed by atoms with Crippen molar-refractivity contribution in [3.05, 3.63) is 30.5 Å². The molecule has 0 spiro atoms. The van der Waals surface area contributed by atoms with Crippen molar-refractivity contribution in [2.45, 2.75) is 12.0 Å². The summed E-state index contributed by atoms with van der Waals surface area (Å²) in [6, 6.07) is 7.45. The van der Waals surface area contributed by atoms with Crippen molar-refractivity contribution in [1.29, 1.82) is 0 Å². The van der Waals surface area contributed by atoms with Crippen LogP contribution in [0.5, 0.6) is 5.75 Å². The van der Waals surface area contributed by atoms with Crippen LogP contribution in [-0.2, 0) is 9.53 Å². The maximum atomic E-state index is 11.6. The maximum Gasteiger partial charge on any atom is 0.331 e. The van der Waals surface area contributed by atoms with Crippen LogP contribution < -0.4 is 10.1 Å². The Kier molecular flexibility index (Phi) is 3.39. The van der Waals surface area contributed by atoms with Gasteiger partial charge in [0.2, 0.25) is 0 Å². The van der Waals surface area contributed by atoms with E-state index in [0.29, 0.717) is 18.8 Å². The molecule has 21 heavy (non-hydrogen) atoms. The summed E-state index contributed by atoms with van der Waals surface area (Å²) in [6.45, 7) is 0.564. The second-order valence-corrected chi connectivity index (χ2v) is 5.06. The van der Waals surface area contributed by atoms with E-state index in [1.165, 1.54) is 0 Å². The number of rotatable bonds is 4. The van der Waals surface area contributed by atoms with Crippen LogP contribution in [0.1, 0.15) is 6.42 Å². The summed E-state index contributed by atoms with van der Waals surface area (Å²) in [6.07, 6.45) is 2.06. The quantitative estimate of drug-likeness (QED) is 0.894. The summed E-state index contributed by atoms with van der Waals surface area (Å²) in [5, 5.41) is 14.3. The fourth-order valence-corrected chi connectivity index (χ4v) is 2.49. The SMILES string of the molecule is COc1ccc2c(NC3(C(=O)O)CCOC3)nccc2c1. The number of fused-ring (bicyclic) bond motifs is 1. The largest absolute Gasteiger partial charge is 0.497 e. The number of hydrogen-bond acceptors (Lipinski definition) is 5. The number of aromatic nitrogens is 1. The first-order valence-corrected chi connectivity index (χ1v) is 6.67. The van der Waals surface area contributed by atoms with Crippen molar-refractivity contribution in [3.8, 4) is 5.75 Å². The van der Waals surface area contributed by atoms with Gasteiger partial charge in [-0.2, -0.15) is 0 Å². The minimum atomic E-state index is -1.11. The highest BCUT2D eigenvalue weighted by molar-refractivity contribution is 5.95. The second-order valence-electron chi connectivity index (χ2n) is 5.06. The lowest BCUT2D eigenvalue weighted by molar-refractivity contribution is -0.142. The molecule has 0 aliphatic carbocycles. The fraction of sp³-hybridized carbons (Fsp3) is 0.333. The van der Waals surface area contributed by atoms with E-state index < -0.39 is 11.5 Å². The zero-order valence-corrected chi connectivity index (χ0v) is 11.6. The highest BCUT2D eigenvalue weighted by Crippen LogP contribution is 2.30. The number of methoxy groups -OCH3 is 1. The van der Waals surface area contributed by atoms with Crippen molar-refractivity contribution < 1.29 is 19.4 Å². The number of ether oxygens (including phenoxy) is 2. The van der Waals surface area contributed by atoms with Crippen LogP contribution in [0.25, 0.3) is 10.8 Å². The van der Waals surface area contributed by atoms with E-state index in [1.54, 1.807) is 13.3 Å². The molecule has 0 saturated carbocycles. The summed E-state index contributed by atoms with van der Waals surface area (Å²) in [4.78, 5) is 15.9. The van der Waals surface area contributed by atoms with Crippen molar-refractivity contribution in [2.75, 3.05) is 25.6 Å². The van der Waals surface area contributed by atoms with Crippen LogP contribution in [0.2, 0.25) is 0 Å². The van der Waals surface area contributed by atoms with Crippen LogP contribution in [0, 0.1) is 0 Å². The number of carbonyl (C=O) groups is 1. The van der Waals surface area contributed by atoms with Crippen molar-refractivity contribution in [3.63, 3.8) is 0 Å². The third-order valence-electron chi connectivity index (χ3n) is 3.76. The van der Waals surface area contributed by atoms with Gasteiger partial charge in [0.15, 0.2) is 5.54 Å². The molecule has 1 aromatic carbocycles. The molecule has 1 aliphatic rings. The maximum absolute atomic E-state index is 11.6. The van der Waals surface area contributed by atoms with Gasteiger partial charge in [-0.3, -0.25) is 0 Å². The first-order chi connectivity index (χ1) is 10.1. The molecule has 1 aromatic heterocycles. The standard InChI is InChI=1S/C15H16N2O4/c1-20-11-2-3-12-10(8-11)4-6-16-13(12)17-15(14(18)19)5-7-21-9-15/h2-4,6,8H,5,7,9H2,1H3,(H,16,17)(H,18,19). The molecule has 0 amide bonds. The van der Waals surface area contributed by atoms with Crippen molar-refractivity contribution in [1.82, 2.24) is 4.98 Å². The smallest absolute Gasteiger partial charge is 0.331 e. The molecule has 2 aromatic rings. The first-order valence-electron chi connectivity index (χ1n) is 6.67. The normalized spacial score (nSPS) is 21.4. The molecule has 2 N–H and O–H groups in total. The molecular formula is C15H16N2O4. The van der Waals surface area contributed by atoms with E-state index in [-0.39, 0.29) is 6.61 Å². The Bertz CT molecular complexity index is 680. The van der Waals surface area contributed by atoms with E-state index in [9.17, 15) is 9.90 Å². The molecule has 1 atom stereocenters. The topological polar surface area (TPSA) is 80.7 Å². The predicted octanol–water partition coefficient (Wildman–Crippen LogP) is 1.90. The molecule has 6 nitrogen and oxygen atoms in total. The van der Waals surface area contributed by atoms with Gasteiger partial charge in [-0.15, -0.1) is 0 Å². The van der Waals surface area contributed by atoms with Gasteiger partial charge in [-0.25, -0.2) is 9.78 Å². The molecular weight excluding hydrogens is 272 g/mol. The lowest BCUT2D eigenvalue weighted by Gasteiger charge is -2.25. The Morgan fingerprint density at radius 1 is 1.48 bits per heavy atom. The van der Waals surface area contributed by atoms with E-state index in [1.807, 2.05) is 24.3 Å². The molecule has 2 heterocycles. The minimum Gasteiger partial charge on any atom is -0.497 e. The summed E-state index contributed by atoms with van der Waals surface area (Å²) >= 11 is 0. The molecule has 110 valence electrons. The zero-order valence-electron chi connectivity index (χ0n) is 11.6. The Morgan fingerprint density at radius 2 is 2.33 bits per heavy atom. The Morgan fingerprint density at radius 3 is 3.00 bits per heavy atom. The number of hydrogen-bond donors (Lipinski definition) is 2. The van der Waals surface area contributed by atoms with Crippen LogP contribution in [0.3, 0.4) is 0 Å². The minimum absolute atomic E-state index is 0.135. The molecule has 6 heteroatoms. The molecule has 3 rings (SSSR count). The van der Waals surface area contributed by atoms with Gasteiger partial charge in [0.25, 0.3) is 0 Å². The third-order valence-corrected chi connectivity index (χ3v) is 3.76. The lowest BCUT2D eigenvalue weighted by atomic mass is 9.98. The van der Waals surface area contributed by atoms with E-state index >= 15 is 0 Å². The Labute approximate surface area is 121 Å². The fourth-order valence-electron chi connectivity index (χ4n) is 2.49. The number of carboxylic acid groups (broad SMARTS) is 1. The van der Waals surface area contributed by atoms with Crippen molar-refractivity contribution in [2.24, 2.45) is 0 Å². The number of nitrogens with zero attached hydrogens (tertiary/aromatic N) is 1. The highest BCUT2D eigenvalue weighted by Gasteiger charge is 2.43. The molecule has 0 radical (unpaired) electrons. The van der Waals surface area contributed by atoms with Gasteiger partial charge in [0, 0.05) is 24.6 Å². The zero-order chi connectivity index (χ0) is 14.9. The van der Waals surface area contributed by atoms with Gasteiger partial charge in [0.05, 0.1) is 13.7 Å². The van der Waals surface area contributed by atoms with E-state index in [4.69, 9.17) is 9.47 Å².